The van der Waals surface area contributed by atoms with Gasteiger partial charge >= 0.3 is 5.51 Å². The molecule has 3 unspecified atom stereocenters. The summed E-state index contributed by atoms with van der Waals surface area (Å²) in [6.45, 7) is 0. The lowest BCUT2D eigenvalue weighted by molar-refractivity contribution is -0.119. The maximum Gasteiger partial charge on any atom is 0.458 e. The van der Waals surface area contributed by atoms with Gasteiger partial charge in [0.1, 0.15) is 5.25 Å². The molecule has 3 atom stereocenters. The van der Waals surface area contributed by atoms with Crippen molar-refractivity contribution in [2.75, 3.05) is 6.26 Å². The molecular weight excluding hydrogens is 337 g/mol. The highest BCUT2D eigenvalue weighted by Crippen LogP contribution is 2.31. The third-order valence-corrected chi connectivity index (χ3v) is 7.51. The number of carbonyl (C=O) groups is 1. The van der Waals surface area contributed by atoms with Crippen LogP contribution >= 0.6 is 0 Å². The van der Waals surface area contributed by atoms with E-state index in [9.17, 15) is 18.0 Å². The Morgan fingerprint density at radius 3 is 2.05 bits per heavy atom. The van der Waals surface area contributed by atoms with Crippen molar-refractivity contribution in [3.63, 3.8) is 0 Å². The fraction of sp³-hybridized carbons (Fsp3) is 0.929. The number of hydrogen-bond acceptors (Lipinski definition) is 3. The monoisotopic (exact) mass is 360 g/mol. The molecule has 130 valence electrons. The lowest BCUT2D eigenvalue weighted by Gasteiger charge is -2.27. The number of halogens is 3. The Balaban J connectivity index is 0.000000295. The van der Waals surface area contributed by atoms with Crippen molar-refractivity contribution in [3.05, 3.63) is 0 Å². The van der Waals surface area contributed by atoms with E-state index in [4.69, 9.17) is 8.76 Å². The predicted molar refractivity (Wildman–Crippen MR) is 82.4 cm³/mol. The molecule has 3 nitrogen and oxygen atoms in total. The van der Waals surface area contributed by atoms with Gasteiger partial charge in [-0.1, -0.05) is 6.42 Å². The van der Waals surface area contributed by atoms with E-state index in [1.54, 1.807) is 0 Å². The first-order chi connectivity index (χ1) is 10.2. The molecule has 0 amide bonds. The van der Waals surface area contributed by atoms with E-state index in [2.05, 4.69) is 6.26 Å². The fourth-order valence-corrected chi connectivity index (χ4v) is 5.63. The molecule has 2 rings (SSSR count). The fourth-order valence-electron chi connectivity index (χ4n) is 3.01. The van der Waals surface area contributed by atoms with Crippen LogP contribution in [0.15, 0.2) is 0 Å². The summed E-state index contributed by atoms with van der Waals surface area (Å²) in [4.78, 5) is 11.9. The van der Waals surface area contributed by atoms with Crippen LogP contribution < -0.4 is 0 Å². The molecular formula is C14H23F3O3S2. The van der Waals surface area contributed by atoms with E-state index in [-0.39, 0.29) is 0 Å². The Bertz CT molecular complexity index is 382. The number of hydrogen-bond donors (Lipinski definition) is 0. The minimum atomic E-state index is -5.08. The van der Waals surface area contributed by atoms with Gasteiger partial charge in [0.2, 0.25) is 0 Å². The zero-order valence-corrected chi connectivity index (χ0v) is 14.3. The molecule has 0 N–H and O–H groups in total. The number of alkyl halides is 3. The molecule has 2 aliphatic carbocycles. The van der Waals surface area contributed by atoms with Gasteiger partial charge in [-0.15, -0.1) is 0 Å². The van der Waals surface area contributed by atoms with Gasteiger partial charge in [0.05, 0.1) is 17.3 Å². The van der Waals surface area contributed by atoms with Gasteiger partial charge < -0.3 is 4.55 Å². The highest BCUT2D eigenvalue weighted by molar-refractivity contribution is 7.98. The molecule has 0 spiro atoms. The highest BCUT2D eigenvalue weighted by Gasteiger charge is 2.40. The van der Waals surface area contributed by atoms with E-state index in [1.807, 2.05) is 0 Å². The minimum Gasteiger partial charge on any atom is -0.766 e. The Morgan fingerprint density at radius 2 is 1.59 bits per heavy atom. The predicted octanol–water partition coefficient (Wildman–Crippen LogP) is 3.46. The Morgan fingerprint density at radius 1 is 1.09 bits per heavy atom. The molecule has 0 aromatic rings. The Kier molecular flexibility index (Phi) is 8.42. The second kappa shape index (κ2) is 9.27. The minimum absolute atomic E-state index is 0.377. The molecule has 0 heterocycles. The van der Waals surface area contributed by atoms with Crippen molar-refractivity contribution < 1.29 is 26.7 Å². The summed E-state index contributed by atoms with van der Waals surface area (Å²) in [6, 6.07) is 0. The van der Waals surface area contributed by atoms with E-state index in [0.717, 1.165) is 18.1 Å². The second-order valence-electron chi connectivity index (χ2n) is 5.75. The van der Waals surface area contributed by atoms with Crippen molar-refractivity contribution in [1.29, 1.82) is 0 Å². The highest BCUT2D eigenvalue weighted by atomic mass is 32.2. The van der Waals surface area contributed by atoms with Gasteiger partial charge in [-0.05, 0) is 49.4 Å². The Labute approximate surface area is 135 Å². The van der Waals surface area contributed by atoms with E-state index < -0.39 is 16.6 Å². The summed E-state index contributed by atoms with van der Waals surface area (Å²) in [6.07, 6.45) is 13.9. The molecule has 0 aromatic carbocycles. The van der Waals surface area contributed by atoms with Gasteiger partial charge in [0, 0.05) is 12.8 Å². The van der Waals surface area contributed by atoms with Crippen LogP contribution in [-0.4, -0.2) is 36.8 Å². The molecule has 22 heavy (non-hydrogen) atoms. The molecule has 0 saturated heterocycles. The quantitative estimate of drug-likeness (QED) is 0.560. The molecule has 2 saturated carbocycles. The Hall–Kier alpha value is -0.0800. The lowest BCUT2D eigenvalue weighted by Crippen LogP contribution is -2.39. The molecule has 0 aliphatic heterocycles. The summed E-state index contributed by atoms with van der Waals surface area (Å²) < 4.78 is 49.5. The molecule has 0 bridgehead atoms. The zero-order valence-electron chi connectivity index (χ0n) is 12.7. The van der Waals surface area contributed by atoms with Gasteiger partial charge in [-0.25, -0.2) is 0 Å². The number of rotatable bonds is 2. The van der Waals surface area contributed by atoms with Crippen LogP contribution in [0.3, 0.4) is 0 Å². The number of carbonyl (C=O) groups excluding carboxylic acids is 1. The van der Waals surface area contributed by atoms with Crippen LogP contribution in [0.4, 0.5) is 13.2 Å². The normalized spacial score (nSPS) is 26.8. The largest absolute Gasteiger partial charge is 0.766 e. The van der Waals surface area contributed by atoms with Gasteiger partial charge in [0.25, 0.3) is 0 Å². The van der Waals surface area contributed by atoms with Crippen molar-refractivity contribution in [3.8, 4) is 0 Å². The van der Waals surface area contributed by atoms with Gasteiger partial charge in [-0.2, -0.15) is 13.2 Å². The smallest absolute Gasteiger partial charge is 0.458 e. The average molecular weight is 360 g/mol. The van der Waals surface area contributed by atoms with Crippen LogP contribution in [0.25, 0.3) is 0 Å². The molecule has 2 fully saturated rings. The van der Waals surface area contributed by atoms with Crippen LogP contribution in [0.1, 0.15) is 57.8 Å². The van der Waals surface area contributed by atoms with E-state index >= 15 is 0 Å². The summed E-state index contributed by atoms with van der Waals surface area (Å²) in [5.41, 5.74) is -5.08. The van der Waals surface area contributed by atoms with E-state index in [0.29, 0.717) is 21.9 Å². The molecule has 2 aliphatic rings. The van der Waals surface area contributed by atoms with Crippen LogP contribution in [0.2, 0.25) is 0 Å². The summed E-state index contributed by atoms with van der Waals surface area (Å²) in [7, 11) is 0.377. The number of ketones is 1. The topological polar surface area (TPSA) is 57.2 Å². The van der Waals surface area contributed by atoms with Crippen LogP contribution in [-0.2, 0) is 26.8 Å². The first kappa shape index (κ1) is 20.0. The number of Topliss-reactive ketones (excluding diaryl/α,β-unsaturated/α-hetero) is 1. The summed E-state index contributed by atoms with van der Waals surface area (Å²) >= 11 is -3.93. The molecule has 0 radical (unpaired) electrons. The van der Waals surface area contributed by atoms with Crippen LogP contribution in [0.5, 0.6) is 0 Å². The lowest BCUT2D eigenvalue weighted by atomic mass is 9.99. The first-order valence-corrected chi connectivity index (χ1v) is 10.4. The van der Waals surface area contributed by atoms with Gasteiger partial charge in [-0.3, -0.25) is 9.00 Å². The van der Waals surface area contributed by atoms with Crippen molar-refractivity contribution in [1.82, 2.24) is 0 Å². The standard InChI is InChI=1S/C13H23OS.CHF3O2S/c1-15(11-7-3-2-4-8-11)13-10-6-5-9-12(13)14;2-1(3,4)7(5)6/h11,13H,2-10H2,1H3;(H,5,6)/q+1;/p-1. The second-order valence-corrected chi connectivity index (χ2v) is 9.13. The maximum atomic E-state index is 11.9. The SMILES string of the molecule is C[S+](C1CCCCC1)C1CCCCC1=O.O=S([O-])C(F)(F)F. The summed E-state index contributed by atoms with van der Waals surface area (Å²) in [5, 5.41) is 1.33. The maximum absolute atomic E-state index is 11.9. The first-order valence-electron chi connectivity index (χ1n) is 7.56. The molecule has 8 heteroatoms. The third kappa shape index (κ3) is 6.58. The zero-order chi connectivity index (χ0) is 16.8. The third-order valence-electron chi connectivity index (χ3n) is 4.21. The summed E-state index contributed by atoms with van der Waals surface area (Å²) in [5.74, 6) is 0.581. The van der Waals surface area contributed by atoms with Crippen LogP contribution in [0, 0.1) is 0 Å². The van der Waals surface area contributed by atoms with Crippen molar-refractivity contribution >= 4 is 27.8 Å². The molecule has 0 aromatic heterocycles. The van der Waals surface area contributed by atoms with Crippen molar-refractivity contribution in [2.24, 2.45) is 0 Å². The average Bonchev–Trinajstić information content (AvgIpc) is 2.47. The van der Waals surface area contributed by atoms with Gasteiger partial charge in [0.15, 0.2) is 11.0 Å². The van der Waals surface area contributed by atoms with Crippen molar-refractivity contribution in [2.45, 2.75) is 73.8 Å². The van der Waals surface area contributed by atoms with E-state index in [1.165, 1.54) is 44.9 Å².